The molecule has 1 N–H and O–H groups in total. The number of hydrogen-bond donors (Lipinski definition) is 1. The molecule has 0 aliphatic carbocycles. The third-order valence-corrected chi connectivity index (χ3v) is 4.27. The van der Waals surface area contributed by atoms with E-state index >= 15 is 0 Å². The zero-order chi connectivity index (χ0) is 16.2. The lowest BCUT2D eigenvalue weighted by Crippen LogP contribution is -2.15. The van der Waals surface area contributed by atoms with Crippen LogP contribution in [0.3, 0.4) is 0 Å². The van der Waals surface area contributed by atoms with E-state index in [1.165, 1.54) is 0 Å². The SMILES string of the molecule is Cc1cc(NS(=O)(=O)Cc2ccccc2)ccc1OC(C)C. The number of rotatable bonds is 6. The summed E-state index contributed by atoms with van der Waals surface area (Å²) in [7, 11) is -3.43. The number of aryl methyl sites for hydroxylation is 1. The van der Waals surface area contributed by atoms with Gasteiger partial charge in [-0.15, -0.1) is 0 Å². The highest BCUT2D eigenvalue weighted by Gasteiger charge is 2.12. The molecule has 0 amide bonds. The molecule has 22 heavy (non-hydrogen) atoms. The molecule has 0 saturated heterocycles. The van der Waals surface area contributed by atoms with E-state index in [1.807, 2.05) is 39.0 Å². The van der Waals surface area contributed by atoms with Crippen molar-refractivity contribution >= 4 is 15.7 Å². The molecule has 0 aliphatic heterocycles. The molecule has 2 aromatic carbocycles. The van der Waals surface area contributed by atoms with Crippen LogP contribution in [0.15, 0.2) is 48.5 Å². The van der Waals surface area contributed by atoms with E-state index in [2.05, 4.69) is 4.72 Å². The molecule has 0 saturated carbocycles. The van der Waals surface area contributed by atoms with Crippen LogP contribution in [0, 0.1) is 6.92 Å². The monoisotopic (exact) mass is 319 g/mol. The van der Waals surface area contributed by atoms with E-state index in [4.69, 9.17) is 4.74 Å². The van der Waals surface area contributed by atoms with Crippen LogP contribution in [0.4, 0.5) is 5.69 Å². The van der Waals surface area contributed by atoms with Gasteiger partial charge in [0.25, 0.3) is 0 Å². The van der Waals surface area contributed by atoms with Crippen LogP contribution >= 0.6 is 0 Å². The van der Waals surface area contributed by atoms with E-state index < -0.39 is 10.0 Å². The minimum Gasteiger partial charge on any atom is -0.491 e. The smallest absolute Gasteiger partial charge is 0.236 e. The Morgan fingerprint density at radius 3 is 2.36 bits per heavy atom. The summed E-state index contributed by atoms with van der Waals surface area (Å²) in [6, 6.07) is 14.4. The second-order valence-electron chi connectivity index (χ2n) is 5.49. The Labute approximate surface area is 132 Å². The van der Waals surface area contributed by atoms with Crippen molar-refractivity contribution in [2.75, 3.05) is 4.72 Å². The van der Waals surface area contributed by atoms with E-state index in [0.29, 0.717) is 5.69 Å². The first-order valence-electron chi connectivity index (χ1n) is 7.17. The van der Waals surface area contributed by atoms with Gasteiger partial charge in [0.1, 0.15) is 5.75 Å². The highest BCUT2D eigenvalue weighted by molar-refractivity contribution is 7.91. The fourth-order valence-electron chi connectivity index (χ4n) is 2.11. The number of ether oxygens (including phenoxy) is 1. The Morgan fingerprint density at radius 2 is 1.77 bits per heavy atom. The van der Waals surface area contributed by atoms with Crippen molar-refractivity contribution in [3.8, 4) is 5.75 Å². The van der Waals surface area contributed by atoms with Gasteiger partial charge in [0, 0.05) is 5.69 Å². The van der Waals surface area contributed by atoms with Crippen molar-refractivity contribution in [2.45, 2.75) is 32.6 Å². The molecule has 0 unspecified atom stereocenters. The van der Waals surface area contributed by atoms with Crippen molar-refractivity contribution in [2.24, 2.45) is 0 Å². The van der Waals surface area contributed by atoms with Gasteiger partial charge < -0.3 is 4.74 Å². The quantitative estimate of drug-likeness (QED) is 0.883. The predicted octanol–water partition coefficient (Wildman–Crippen LogP) is 3.72. The van der Waals surface area contributed by atoms with Crippen LogP contribution in [0.5, 0.6) is 5.75 Å². The molecule has 118 valence electrons. The van der Waals surface area contributed by atoms with Gasteiger partial charge in [-0.25, -0.2) is 8.42 Å². The van der Waals surface area contributed by atoms with Crippen molar-refractivity contribution in [1.82, 2.24) is 0 Å². The fraction of sp³-hybridized carbons (Fsp3) is 0.294. The van der Waals surface area contributed by atoms with Gasteiger partial charge in [-0.2, -0.15) is 0 Å². The average Bonchev–Trinajstić information content (AvgIpc) is 2.41. The molecule has 2 aromatic rings. The number of nitrogens with one attached hydrogen (secondary N) is 1. The molecule has 2 rings (SSSR count). The molecule has 0 heterocycles. The summed E-state index contributed by atoms with van der Waals surface area (Å²) in [4.78, 5) is 0. The average molecular weight is 319 g/mol. The van der Waals surface area contributed by atoms with Crippen LogP contribution in [0.25, 0.3) is 0 Å². The molecule has 0 bridgehead atoms. The second kappa shape index (κ2) is 6.83. The molecule has 0 aromatic heterocycles. The number of anilines is 1. The summed E-state index contributed by atoms with van der Waals surface area (Å²) in [6.45, 7) is 5.80. The normalized spacial score (nSPS) is 11.5. The lowest BCUT2D eigenvalue weighted by Gasteiger charge is -2.14. The molecule has 0 spiro atoms. The summed E-state index contributed by atoms with van der Waals surface area (Å²) in [6.07, 6.45) is 0.0827. The lowest BCUT2D eigenvalue weighted by molar-refractivity contribution is 0.241. The molecule has 0 atom stereocenters. The van der Waals surface area contributed by atoms with Crippen molar-refractivity contribution in [3.63, 3.8) is 0 Å². The maximum absolute atomic E-state index is 12.2. The third kappa shape index (κ3) is 4.77. The summed E-state index contributed by atoms with van der Waals surface area (Å²) in [5.41, 5.74) is 2.20. The first kappa shape index (κ1) is 16.4. The van der Waals surface area contributed by atoms with Crippen LogP contribution in [-0.2, 0) is 15.8 Å². The van der Waals surface area contributed by atoms with Gasteiger partial charge in [-0.1, -0.05) is 30.3 Å². The topological polar surface area (TPSA) is 55.4 Å². The van der Waals surface area contributed by atoms with Crippen LogP contribution in [0.1, 0.15) is 25.0 Å². The van der Waals surface area contributed by atoms with Gasteiger partial charge in [-0.3, -0.25) is 4.72 Å². The fourth-order valence-corrected chi connectivity index (χ4v) is 3.30. The molecule has 0 fully saturated rings. The molecule has 0 radical (unpaired) electrons. The summed E-state index contributed by atoms with van der Waals surface area (Å²) in [5, 5.41) is 0. The van der Waals surface area contributed by atoms with E-state index in [9.17, 15) is 8.42 Å². The molecule has 4 nitrogen and oxygen atoms in total. The van der Waals surface area contributed by atoms with Crippen LogP contribution < -0.4 is 9.46 Å². The van der Waals surface area contributed by atoms with Crippen LogP contribution in [-0.4, -0.2) is 14.5 Å². The van der Waals surface area contributed by atoms with E-state index in [1.54, 1.807) is 30.3 Å². The van der Waals surface area contributed by atoms with Gasteiger partial charge in [-0.05, 0) is 50.1 Å². The maximum Gasteiger partial charge on any atom is 0.236 e. The van der Waals surface area contributed by atoms with Gasteiger partial charge in [0.05, 0.1) is 11.9 Å². The van der Waals surface area contributed by atoms with Crippen molar-refractivity contribution in [1.29, 1.82) is 0 Å². The zero-order valence-electron chi connectivity index (χ0n) is 13.0. The van der Waals surface area contributed by atoms with Crippen molar-refractivity contribution < 1.29 is 13.2 Å². The van der Waals surface area contributed by atoms with Crippen LogP contribution in [0.2, 0.25) is 0 Å². The first-order valence-corrected chi connectivity index (χ1v) is 8.83. The lowest BCUT2D eigenvalue weighted by atomic mass is 10.2. The Balaban J connectivity index is 2.11. The zero-order valence-corrected chi connectivity index (χ0v) is 13.9. The Bertz CT molecular complexity index is 725. The Morgan fingerprint density at radius 1 is 1.09 bits per heavy atom. The number of sulfonamides is 1. The van der Waals surface area contributed by atoms with Gasteiger partial charge in [0.15, 0.2) is 0 Å². The highest BCUT2D eigenvalue weighted by Crippen LogP contribution is 2.24. The molecular weight excluding hydrogens is 298 g/mol. The third-order valence-electron chi connectivity index (χ3n) is 3.01. The minimum atomic E-state index is -3.43. The Kier molecular flexibility index (Phi) is 5.08. The van der Waals surface area contributed by atoms with E-state index in [-0.39, 0.29) is 11.9 Å². The molecule has 0 aliphatic rings. The van der Waals surface area contributed by atoms with Crippen molar-refractivity contribution in [3.05, 3.63) is 59.7 Å². The minimum absolute atomic E-state index is 0.0445. The molecule has 5 heteroatoms. The number of hydrogen-bond acceptors (Lipinski definition) is 3. The molecular formula is C17H21NO3S. The second-order valence-corrected chi connectivity index (χ2v) is 7.22. The summed E-state index contributed by atoms with van der Waals surface area (Å²) in [5.74, 6) is 0.720. The maximum atomic E-state index is 12.2. The standard InChI is InChI=1S/C17H21NO3S/c1-13(2)21-17-10-9-16(11-14(17)3)18-22(19,20)12-15-7-5-4-6-8-15/h4-11,13,18H,12H2,1-3H3. The van der Waals surface area contributed by atoms with E-state index in [0.717, 1.165) is 16.9 Å². The predicted molar refractivity (Wildman–Crippen MR) is 89.6 cm³/mol. The van der Waals surface area contributed by atoms with Gasteiger partial charge >= 0.3 is 0 Å². The number of benzene rings is 2. The Hall–Kier alpha value is -2.01. The summed E-state index contributed by atoms with van der Waals surface area (Å²) >= 11 is 0. The van der Waals surface area contributed by atoms with Gasteiger partial charge in [0.2, 0.25) is 10.0 Å². The highest BCUT2D eigenvalue weighted by atomic mass is 32.2. The largest absolute Gasteiger partial charge is 0.491 e. The summed E-state index contributed by atoms with van der Waals surface area (Å²) < 4.78 is 32.7. The first-order chi connectivity index (χ1) is 10.4.